The Labute approximate surface area is 192 Å². The van der Waals surface area contributed by atoms with Gasteiger partial charge in [-0.25, -0.2) is 4.39 Å². The molecule has 1 unspecified atom stereocenters. The van der Waals surface area contributed by atoms with Crippen LogP contribution in [0.25, 0.3) is 6.08 Å². The summed E-state index contributed by atoms with van der Waals surface area (Å²) in [4.78, 5) is 27.5. The third-order valence-corrected chi connectivity index (χ3v) is 5.71. The summed E-state index contributed by atoms with van der Waals surface area (Å²) in [7, 11) is 0. The molecule has 0 bridgehead atoms. The van der Waals surface area contributed by atoms with E-state index in [0.717, 1.165) is 9.13 Å². The lowest BCUT2D eigenvalue weighted by atomic mass is 9.95. The van der Waals surface area contributed by atoms with E-state index in [2.05, 4.69) is 22.6 Å². The lowest BCUT2D eigenvalue weighted by molar-refractivity contribution is -0.117. The molecule has 1 heterocycles. The van der Waals surface area contributed by atoms with Crippen molar-refractivity contribution in [3.8, 4) is 0 Å². The number of carbonyl (C=O) groups excluding carboxylic acids is 2. The number of hydrogen-bond acceptors (Lipinski definition) is 3. The van der Waals surface area contributed by atoms with Crippen LogP contribution >= 0.6 is 22.6 Å². The van der Waals surface area contributed by atoms with Crippen molar-refractivity contribution in [2.45, 2.75) is 6.04 Å². The van der Waals surface area contributed by atoms with Crippen molar-refractivity contribution < 1.29 is 19.1 Å². The Morgan fingerprint density at radius 2 is 1.61 bits per heavy atom. The van der Waals surface area contributed by atoms with Gasteiger partial charge in [-0.05, 0) is 76.2 Å². The molecular weight excluding hydrogens is 508 g/mol. The summed E-state index contributed by atoms with van der Waals surface area (Å²) in [5.74, 6) is -2.20. The van der Waals surface area contributed by atoms with Crippen LogP contribution in [0, 0.1) is 9.39 Å². The van der Waals surface area contributed by atoms with Gasteiger partial charge in [-0.15, -0.1) is 0 Å². The minimum Gasteiger partial charge on any atom is -0.503 e. The van der Waals surface area contributed by atoms with Gasteiger partial charge in [0.25, 0.3) is 5.91 Å². The van der Waals surface area contributed by atoms with Crippen molar-refractivity contribution in [1.29, 1.82) is 0 Å². The first-order valence-corrected chi connectivity index (χ1v) is 10.6. The number of carbonyl (C=O) groups is 2. The van der Waals surface area contributed by atoms with E-state index in [1.807, 2.05) is 42.5 Å². The Bertz CT molecular complexity index is 1190. The first kappa shape index (κ1) is 21.0. The van der Waals surface area contributed by atoms with Crippen LogP contribution in [0.5, 0.6) is 0 Å². The van der Waals surface area contributed by atoms with Gasteiger partial charge in [0, 0.05) is 9.26 Å². The number of ketones is 1. The van der Waals surface area contributed by atoms with Crippen molar-refractivity contribution in [2.75, 3.05) is 4.90 Å². The standard InChI is InChI=1S/C25H17FINO3/c26-18-9-7-17(8-10-18)23-22(21(29)15-6-16-4-2-1-3-5-16)24(30)25(31)28(23)20-13-11-19(27)12-14-20/h1-15,23,30H/b15-6+. The molecule has 1 aliphatic heterocycles. The highest BCUT2D eigenvalue weighted by atomic mass is 127. The molecule has 3 aromatic carbocycles. The number of rotatable bonds is 5. The van der Waals surface area contributed by atoms with E-state index >= 15 is 0 Å². The number of hydrogen-bond donors (Lipinski definition) is 1. The van der Waals surface area contributed by atoms with Crippen molar-refractivity contribution in [3.63, 3.8) is 0 Å². The van der Waals surface area contributed by atoms with Gasteiger partial charge in [-0.1, -0.05) is 48.5 Å². The Morgan fingerprint density at radius 1 is 0.968 bits per heavy atom. The molecule has 6 heteroatoms. The summed E-state index contributed by atoms with van der Waals surface area (Å²) in [6.07, 6.45) is 2.96. The van der Waals surface area contributed by atoms with Crippen LogP contribution in [0.2, 0.25) is 0 Å². The monoisotopic (exact) mass is 525 g/mol. The summed E-state index contributed by atoms with van der Waals surface area (Å²) >= 11 is 2.15. The number of amides is 1. The molecule has 1 atom stereocenters. The van der Waals surface area contributed by atoms with Crippen molar-refractivity contribution >= 4 is 46.0 Å². The molecule has 31 heavy (non-hydrogen) atoms. The SMILES string of the molecule is O=C(/C=C/c1ccccc1)C1=C(O)C(=O)N(c2ccc(I)cc2)C1c1ccc(F)cc1. The maximum Gasteiger partial charge on any atom is 0.294 e. The van der Waals surface area contributed by atoms with Gasteiger partial charge in [0.05, 0.1) is 11.6 Å². The van der Waals surface area contributed by atoms with Gasteiger partial charge in [-0.3, -0.25) is 14.5 Å². The predicted molar refractivity (Wildman–Crippen MR) is 126 cm³/mol. The number of nitrogens with zero attached hydrogens (tertiary/aromatic N) is 1. The van der Waals surface area contributed by atoms with Gasteiger partial charge >= 0.3 is 0 Å². The highest BCUT2D eigenvalue weighted by molar-refractivity contribution is 14.1. The van der Waals surface area contributed by atoms with E-state index < -0.39 is 29.3 Å². The maximum absolute atomic E-state index is 13.5. The molecule has 154 valence electrons. The Kier molecular flexibility index (Phi) is 5.99. The van der Waals surface area contributed by atoms with Gasteiger partial charge in [0.1, 0.15) is 5.82 Å². The van der Waals surface area contributed by atoms with E-state index in [0.29, 0.717) is 11.3 Å². The molecule has 3 aromatic rings. The zero-order valence-corrected chi connectivity index (χ0v) is 18.4. The molecule has 0 saturated heterocycles. The minimum atomic E-state index is -0.874. The number of aliphatic hydroxyl groups is 1. The summed E-state index contributed by atoms with van der Waals surface area (Å²) in [5, 5.41) is 10.7. The van der Waals surface area contributed by atoms with E-state index in [1.54, 1.807) is 18.2 Å². The second-order valence-corrected chi connectivity index (χ2v) is 8.22. The number of anilines is 1. The zero-order chi connectivity index (χ0) is 22.0. The molecule has 4 nitrogen and oxygen atoms in total. The van der Waals surface area contributed by atoms with Crippen LogP contribution in [0.4, 0.5) is 10.1 Å². The fourth-order valence-corrected chi connectivity index (χ4v) is 3.87. The lowest BCUT2D eigenvalue weighted by Crippen LogP contribution is -2.30. The topological polar surface area (TPSA) is 57.6 Å². The van der Waals surface area contributed by atoms with Crippen LogP contribution in [-0.4, -0.2) is 16.8 Å². The Balaban J connectivity index is 1.78. The molecule has 1 aliphatic rings. The molecule has 1 amide bonds. The van der Waals surface area contributed by atoms with Gasteiger partial charge in [0.15, 0.2) is 11.5 Å². The van der Waals surface area contributed by atoms with Gasteiger partial charge < -0.3 is 5.11 Å². The molecule has 0 aromatic heterocycles. The fraction of sp³-hybridized carbons (Fsp3) is 0.0400. The third-order valence-electron chi connectivity index (χ3n) is 4.99. The second-order valence-electron chi connectivity index (χ2n) is 6.98. The highest BCUT2D eigenvalue weighted by Gasteiger charge is 2.43. The summed E-state index contributed by atoms with van der Waals surface area (Å²) < 4.78 is 14.5. The van der Waals surface area contributed by atoms with Crippen LogP contribution in [0.1, 0.15) is 17.2 Å². The van der Waals surface area contributed by atoms with Crippen LogP contribution in [0.3, 0.4) is 0 Å². The normalized spacial score (nSPS) is 16.4. The van der Waals surface area contributed by atoms with E-state index in [9.17, 15) is 19.1 Å². The average Bonchev–Trinajstić information content (AvgIpc) is 3.05. The van der Waals surface area contributed by atoms with Gasteiger partial charge in [-0.2, -0.15) is 0 Å². The smallest absolute Gasteiger partial charge is 0.294 e. The average molecular weight is 525 g/mol. The highest BCUT2D eigenvalue weighted by Crippen LogP contribution is 2.41. The predicted octanol–water partition coefficient (Wildman–Crippen LogP) is 5.61. The zero-order valence-electron chi connectivity index (χ0n) is 16.2. The molecule has 0 spiro atoms. The number of benzene rings is 3. The second kappa shape index (κ2) is 8.85. The first-order chi connectivity index (χ1) is 15.0. The van der Waals surface area contributed by atoms with Crippen molar-refractivity contribution in [1.82, 2.24) is 0 Å². The summed E-state index contributed by atoms with van der Waals surface area (Å²) in [6, 6.07) is 21.1. The molecule has 4 rings (SSSR count). The number of aliphatic hydroxyl groups excluding tert-OH is 1. The minimum absolute atomic E-state index is 0.0395. The quantitative estimate of drug-likeness (QED) is 0.348. The van der Waals surface area contributed by atoms with Gasteiger partial charge in [0.2, 0.25) is 0 Å². The van der Waals surface area contributed by atoms with Crippen molar-refractivity contribution in [2.24, 2.45) is 0 Å². The van der Waals surface area contributed by atoms with Crippen molar-refractivity contribution in [3.05, 3.63) is 117 Å². The Morgan fingerprint density at radius 3 is 2.26 bits per heavy atom. The summed E-state index contributed by atoms with van der Waals surface area (Å²) in [6.45, 7) is 0. The van der Waals surface area contributed by atoms with Crippen LogP contribution < -0.4 is 4.90 Å². The number of halogens is 2. The number of allylic oxidation sites excluding steroid dienone is 1. The lowest BCUT2D eigenvalue weighted by Gasteiger charge is -2.26. The Hall–Kier alpha value is -3.26. The fourth-order valence-electron chi connectivity index (χ4n) is 3.51. The molecule has 0 radical (unpaired) electrons. The maximum atomic E-state index is 13.5. The third kappa shape index (κ3) is 4.29. The largest absolute Gasteiger partial charge is 0.503 e. The van der Waals surface area contributed by atoms with E-state index in [1.165, 1.54) is 35.2 Å². The molecule has 1 N–H and O–H groups in total. The first-order valence-electron chi connectivity index (χ1n) is 9.51. The molecular formula is C25H17FINO3. The van der Waals surface area contributed by atoms with Crippen LogP contribution in [0.15, 0.2) is 96.3 Å². The van der Waals surface area contributed by atoms with E-state index in [-0.39, 0.29) is 5.57 Å². The van der Waals surface area contributed by atoms with E-state index in [4.69, 9.17) is 0 Å². The van der Waals surface area contributed by atoms with Crippen LogP contribution in [-0.2, 0) is 9.59 Å². The molecule has 0 aliphatic carbocycles. The molecule has 0 saturated carbocycles. The molecule has 0 fully saturated rings. The summed E-state index contributed by atoms with van der Waals surface area (Å²) in [5.41, 5.74) is 1.82.